The average molecular weight is 179 g/mol. The lowest BCUT2D eigenvalue weighted by Gasteiger charge is -2.08. The second-order valence-corrected chi connectivity index (χ2v) is 3.39. The summed E-state index contributed by atoms with van der Waals surface area (Å²) in [5.41, 5.74) is 2.15. The summed E-state index contributed by atoms with van der Waals surface area (Å²) in [6, 6.07) is 1.66. The summed E-state index contributed by atoms with van der Waals surface area (Å²) in [6.07, 6.45) is 1.41. The smallest absolute Gasteiger partial charge is 0.337 e. The molecule has 13 heavy (non-hydrogen) atoms. The molecule has 0 aliphatic carbocycles. The van der Waals surface area contributed by atoms with Gasteiger partial charge in [0.05, 0.1) is 5.56 Å². The van der Waals surface area contributed by atoms with Gasteiger partial charge in [-0.3, -0.25) is 4.98 Å². The van der Waals surface area contributed by atoms with E-state index >= 15 is 0 Å². The molecule has 0 aromatic carbocycles. The van der Waals surface area contributed by atoms with Gasteiger partial charge in [0.25, 0.3) is 0 Å². The van der Waals surface area contributed by atoms with Gasteiger partial charge in [0.1, 0.15) is 0 Å². The third kappa shape index (κ3) is 2.05. The van der Waals surface area contributed by atoms with Crippen molar-refractivity contribution in [1.82, 2.24) is 4.98 Å². The molecule has 0 saturated heterocycles. The van der Waals surface area contributed by atoms with Gasteiger partial charge in [-0.25, -0.2) is 4.79 Å². The summed E-state index contributed by atoms with van der Waals surface area (Å²) in [4.78, 5) is 14.7. The standard InChI is InChI=1S/C10H13NO2/c1-6(2)9-7(3)4-8(5-11-9)10(12)13/h4-6H,1-3H3,(H,12,13). The van der Waals surface area contributed by atoms with Crippen LogP contribution in [-0.4, -0.2) is 16.1 Å². The summed E-state index contributed by atoms with van der Waals surface area (Å²) in [7, 11) is 0. The van der Waals surface area contributed by atoms with Crippen molar-refractivity contribution in [3.8, 4) is 0 Å². The fraction of sp³-hybridized carbons (Fsp3) is 0.400. The largest absolute Gasteiger partial charge is 0.478 e. The van der Waals surface area contributed by atoms with Gasteiger partial charge in [-0.1, -0.05) is 13.8 Å². The number of rotatable bonds is 2. The Labute approximate surface area is 77.4 Å². The lowest BCUT2D eigenvalue weighted by molar-refractivity contribution is 0.0696. The summed E-state index contributed by atoms with van der Waals surface area (Å²) in [6.45, 7) is 5.96. The fourth-order valence-electron chi connectivity index (χ4n) is 1.31. The number of carboxylic acid groups (broad SMARTS) is 1. The number of carbonyl (C=O) groups is 1. The number of nitrogens with zero attached hydrogens (tertiary/aromatic N) is 1. The van der Waals surface area contributed by atoms with Crippen LogP contribution >= 0.6 is 0 Å². The van der Waals surface area contributed by atoms with Crippen molar-refractivity contribution in [1.29, 1.82) is 0 Å². The van der Waals surface area contributed by atoms with Crippen molar-refractivity contribution >= 4 is 5.97 Å². The van der Waals surface area contributed by atoms with Crippen LogP contribution in [0.1, 0.15) is 41.4 Å². The number of aromatic carboxylic acids is 1. The van der Waals surface area contributed by atoms with E-state index in [0.29, 0.717) is 5.92 Å². The van der Waals surface area contributed by atoms with Crippen LogP contribution in [-0.2, 0) is 0 Å². The maximum atomic E-state index is 10.6. The molecule has 1 aromatic heterocycles. The van der Waals surface area contributed by atoms with E-state index in [4.69, 9.17) is 5.11 Å². The zero-order chi connectivity index (χ0) is 10.0. The minimum absolute atomic E-state index is 0.252. The van der Waals surface area contributed by atoms with E-state index in [-0.39, 0.29) is 5.56 Å². The Morgan fingerprint density at radius 1 is 1.54 bits per heavy atom. The molecule has 0 aliphatic rings. The first-order valence-electron chi connectivity index (χ1n) is 4.22. The second kappa shape index (κ2) is 3.56. The van der Waals surface area contributed by atoms with Crippen LogP contribution in [0.15, 0.2) is 12.3 Å². The highest BCUT2D eigenvalue weighted by molar-refractivity contribution is 5.87. The van der Waals surface area contributed by atoms with Crippen LogP contribution in [0.4, 0.5) is 0 Å². The number of aryl methyl sites for hydroxylation is 1. The summed E-state index contributed by atoms with van der Waals surface area (Å²) in [5.74, 6) is -0.589. The molecular formula is C10H13NO2. The van der Waals surface area contributed by atoms with Crippen LogP contribution in [0.5, 0.6) is 0 Å². The molecule has 0 spiro atoms. The summed E-state index contributed by atoms with van der Waals surface area (Å²) in [5, 5.41) is 8.70. The van der Waals surface area contributed by atoms with Crippen LogP contribution < -0.4 is 0 Å². The van der Waals surface area contributed by atoms with Gasteiger partial charge in [0.15, 0.2) is 0 Å². The van der Waals surface area contributed by atoms with E-state index in [1.54, 1.807) is 6.07 Å². The van der Waals surface area contributed by atoms with Crippen molar-refractivity contribution in [3.05, 3.63) is 29.1 Å². The maximum Gasteiger partial charge on any atom is 0.337 e. The molecule has 0 fully saturated rings. The van der Waals surface area contributed by atoms with Gasteiger partial charge in [-0.15, -0.1) is 0 Å². The quantitative estimate of drug-likeness (QED) is 0.757. The Bertz CT molecular complexity index is 332. The lowest BCUT2D eigenvalue weighted by Crippen LogP contribution is -2.02. The Balaban J connectivity index is 3.13. The first kappa shape index (κ1) is 9.71. The average Bonchev–Trinajstić information content (AvgIpc) is 2.03. The Kier molecular flexibility index (Phi) is 2.66. The molecule has 3 heteroatoms. The molecule has 70 valence electrons. The molecular weight excluding hydrogens is 166 g/mol. The highest BCUT2D eigenvalue weighted by atomic mass is 16.4. The monoisotopic (exact) mass is 179 g/mol. The van der Waals surface area contributed by atoms with Crippen molar-refractivity contribution in [2.24, 2.45) is 0 Å². The van der Waals surface area contributed by atoms with Gasteiger partial charge in [0, 0.05) is 11.9 Å². The highest BCUT2D eigenvalue weighted by Gasteiger charge is 2.08. The molecule has 1 rings (SSSR count). The maximum absolute atomic E-state index is 10.6. The first-order valence-corrected chi connectivity index (χ1v) is 4.22. The minimum Gasteiger partial charge on any atom is -0.478 e. The second-order valence-electron chi connectivity index (χ2n) is 3.39. The molecule has 0 unspecified atom stereocenters. The van der Waals surface area contributed by atoms with E-state index in [2.05, 4.69) is 4.98 Å². The molecule has 1 heterocycles. The van der Waals surface area contributed by atoms with E-state index in [9.17, 15) is 4.79 Å². The minimum atomic E-state index is -0.925. The van der Waals surface area contributed by atoms with Gasteiger partial charge >= 0.3 is 5.97 Å². The SMILES string of the molecule is Cc1cc(C(=O)O)cnc1C(C)C. The van der Waals surface area contributed by atoms with Gasteiger partial charge < -0.3 is 5.11 Å². The Hall–Kier alpha value is -1.38. The Morgan fingerprint density at radius 2 is 2.15 bits per heavy atom. The predicted octanol–water partition coefficient (Wildman–Crippen LogP) is 2.21. The predicted molar refractivity (Wildman–Crippen MR) is 50.0 cm³/mol. The normalized spacial score (nSPS) is 10.5. The van der Waals surface area contributed by atoms with Crippen molar-refractivity contribution in [2.75, 3.05) is 0 Å². The van der Waals surface area contributed by atoms with Crippen molar-refractivity contribution < 1.29 is 9.90 Å². The first-order chi connectivity index (χ1) is 6.02. The highest BCUT2D eigenvalue weighted by Crippen LogP contribution is 2.16. The molecule has 1 aromatic rings. The van der Waals surface area contributed by atoms with E-state index in [1.165, 1.54) is 6.20 Å². The van der Waals surface area contributed by atoms with E-state index in [1.807, 2.05) is 20.8 Å². The van der Waals surface area contributed by atoms with E-state index < -0.39 is 5.97 Å². The lowest BCUT2D eigenvalue weighted by atomic mass is 10.0. The molecule has 0 radical (unpaired) electrons. The zero-order valence-electron chi connectivity index (χ0n) is 8.03. The number of carboxylic acids is 1. The van der Waals surface area contributed by atoms with Crippen LogP contribution in [0, 0.1) is 6.92 Å². The molecule has 3 nitrogen and oxygen atoms in total. The molecule has 0 bridgehead atoms. The van der Waals surface area contributed by atoms with Gasteiger partial charge in [-0.2, -0.15) is 0 Å². The molecule has 0 atom stereocenters. The Morgan fingerprint density at radius 3 is 2.54 bits per heavy atom. The third-order valence-corrected chi connectivity index (χ3v) is 1.91. The summed E-state index contributed by atoms with van der Waals surface area (Å²) < 4.78 is 0. The van der Waals surface area contributed by atoms with E-state index in [0.717, 1.165) is 11.3 Å². The molecule has 0 aliphatic heterocycles. The zero-order valence-corrected chi connectivity index (χ0v) is 8.03. The van der Waals surface area contributed by atoms with Crippen LogP contribution in [0.2, 0.25) is 0 Å². The van der Waals surface area contributed by atoms with Gasteiger partial charge in [-0.05, 0) is 24.5 Å². The molecule has 0 amide bonds. The van der Waals surface area contributed by atoms with Crippen LogP contribution in [0.25, 0.3) is 0 Å². The van der Waals surface area contributed by atoms with Crippen molar-refractivity contribution in [2.45, 2.75) is 26.7 Å². The number of hydrogen-bond acceptors (Lipinski definition) is 2. The topological polar surface area (TPSA) is 50.2 Å². The summed E-state index contributed by atoms with van der Waals surface area (Å²) >= 11 is 0. The van der Waals surface area contributed by atoms with Crippen molar-refractivity contribution in [3.63, 3.8) is 0 Å². The van der Waals surface area contributed by atoms with Gasteiger partial charge in [0.2, 0.25) is 0 Å². The third-order valence-electron chi connectivity index (χ3n) is 1.91. The molecule has 1 N–H and O–H groups in total. The number of aromatic nitrogens is 1. The van der Waals surface area contributed by atoms with Crippen LogP contribution in [0.3, 0.4) is 0 Å². The molecule has 0 saturated carbocycles. The fourth-order valence-corrected chi connectivity index (χ4v) is 1.31. The number of pyridine rings is 1. The number of hydrogen-bond donors (Lipinski definition) is 1.